The Bertz CT molecular complexity index is 359. The van der Waals surface area contributed by atoms with Crippen LogP contribution in [0.3, 0.4) is 0 Å². The Labute approximate surface area is 109 Å². The third-order valence-electron chi connectivity index (χ3n) is 3.74. The van der Waals surface area contributed by atoms with Crippen molar-refractivity contribution in [1.82, 2.24) is 10.2 Å². The lowest BCUT2D eigenvalue weighted by Crippen LogP contribution is -2.33. The lowest BCUT2D eigenvalue weighted by atomic mass is 9.98. The van der Waals surface area contributed by atoms with Crippen molar-refractivity contribution in [3.63, 3.8) is 0 Å². The second-order valence-electron chi connectivity index (χ2n) is 5.33. The number of hydrogen-bond donors (Lipinski definition) is 1. The van der Waals surface area contributed by atoms with Crippen LogP contribution in [0.1, 0.15) is 36.1 Å². The van der Waals surface area contributed by atoms with Crippen LogP contribution in [0.5, 0.6) is 0 Å². The smallest absolute Gasteiger partial charge is 0.0485 e. The molecular formula is C14H24N2S. The Kier molecular flexibility index (Phi) is 4.23. The first kappa shape index (κ1) is 13.1. The number of likely N-dealkylation sites (tertiary alicyclic amines) is 1. The first-order valence-electron chi connectivity index (χ1n) is 6.60. The summed E-state index contributed by atoms with van der Waals surface area (Å²) in [6.07, 6.45) is 1.32. The van der Waals surface area contributed by atoms with Gasteiger partial charge in [0, 0.05) is 21.8 Å². The predicted octanol–water partition coefficient (Wildman–Crippen LogP) is 3.05. The number of thiophene rings is 1. The zero-order valence-corrected chi connectivity index (χ0v) is 12.2. The highest BCUT2D eigenvalue weighted by molar-refractivity contribution is 7.12. The molecule has 0 aliphatic carbocycles. The summed E-state index contributed by atoms with van der Waals surface area (Å²) in [6, 6.07) is 5.85. The van der Waals surface area contributed by atoms with Gasteiger partial charge in [0.1, 0.15) is 0 Å². The fraction of sp³-hybridized carbons (Fsp3) is 0.714. The van der Waals surface area contributed by atoms with Crippen molar-refractivity contribution in [2.45, 2.75) is 39.3 Å². The van der Waals surface area contributed by atoms with Crippen LogP contribution in [-0.2, 0) is 0 Å². The highest BCUT2D eigenvalue weighted by Crippen LogP contribution is 2.40. The molecule has 2 nitrogen and oxygen atoms in total. The molecule has 1 saturated heterocycles. The number of nitrogens with one attached hydrogen (secondary N) is 1. The Hall–Kier alpha value is -0.380. The zero-order valence-electron chi connectivity index (χ0n) is 11.4. The molecule has 0 spiro atoms. The molecule has 3 heteroatoms. The van der Waals surface area contributed by atoms with E-state index in [0.717, 1.165) is 12.5 Å². The summed E-state index contributed by atoms with van der Waals surface area (Å²) in [5.74, 6) is 0.764. The maximum Gasteiger partial charge on any atom is 0.0485 e. The SMILES string of the molecule is CNCC1CCN(C(C)C)C1c1ccc(C)s1. The summed E-state index contributed by atoms with van der Waals surface area (Å²) in [7, 11) is 2.06. The molecule has 2 heterocycles. The van der Waals surface area contributed by atoms with Gasteiger partial charge in [0.05, 0.1) is 0 Å². The number of nitrogens with zero attached hydrogens (tertiary/aromatic N) is 1. The summed E-state index contributed by atoms with van der Waals surface area (Å²) >= 11 is 1.97. The minimum Gasteiger partial charge on any atom is -0.319 e. The minimum absolute atomic E-state index is 0.626. The molecule has 96 valence electrons. The molecule has 1 fully saturated rings. The van der Waals surface area contributed by atoms with Gasteiger partial charge in [-0.05, 0) is 65.4 Å². The van der Waals surface area contributed by atoms with Crippen molar-refractivity contribution >= 4 is 11.3 Å². The van der Waals surface area contributed by atoms with Crippen LogP contribution in [0.25, 0.3) is 0 Å². The highest BCUT2D eigenvalue weighted by Gasteiger charge is 2.36. The van der Waals surface area contributed by atoms with Crippen LogP contribution in [0.4, 0.5) is 0 Å². The number of rotatable bonds is 4. The first-order chi connectivity index (χ1) is 8.13. The van der Waals surface area contributed by atoms with Crippen LogP contribution in [0.15, 0.2) is 12.1 Å². The van der Waals surface area contributed by atoms with E-state index < -0.39 is 0 Å². The average molecular weight is 252 g/mol. The van der Waals surface area contributed by atoms with Crippen LogP contribution >= 0.6 is 11.3 Å². The van der Waals surface area contributed by atoms with E-state index in [4.69, 9.17) is 0 Å². The second-order valence-corrected chi connectivity index (χ2v) is 6.65. The van der Waals surface area contributed by atoms with Crippen molar-refractivity contribution in [2.24, 2.45) is 5.92 Å². The molecule has 0 aromatic carbocycles. The fourth-order valence-electron chi connectivity index (χ4n) is 2.95. The summed E-state index contributed by atoms with van der Waals surface area (Å²) < 4.78 is 0. The number of aryl methyl sites for hydroxylation is 1. The first-order valence-corrected chi connectivity index (χ1v) is 7.41. The van der Waals surface area contributed by atoms with E-state index in [-0.39, 0.29) is 0 Å². The lowest BCUT2D eigenvalue weighted by Gasteiger charge is -2.30. The van der Waals surface area contributed by atoms with Crippen molar-refractivity contribution in [1.29, 1.82) is 0 Å². The summed E-state index contributed by atoms with van der Waals surface area (Å²) in [6.45, 7) is 9.21. The van der Waals surface area contributed by atoms with Gasteiger partial charge >= 0.3 is 0 Å². The molecule has 1 aromatic rings. The monoisotopic (exact) mass is 252 g/mol. The molecular weight excluding hydrogens is 228 g/mol. The Morgan fingerprint density at radius 3 is 2.76 bits per heavy atom. The van der Waals surface area contributed by atoms with Gasteiger partial charge in [-0.2, -0.15) is 0 Å². The van der Waals surface area contributed by atoms with Gasteiger partial charge < -0.3 is 5.32 Å². The topological polar surface area (TPSA) is 15.3 Å². The van der Waals surface area contributed by atoms with E-state index in [9.17, 15) is 0 Å². The van der Waals surface area contributed by atoms with Crippen molar-refractivity contribution in [2.75, 3.05) is 20.1 Å². The normalized spacial score (nSPS) is 25.9. The van der Waals surface area contributed by atoms with Crippen LogP contribution in [-0.4, -0.2) is 31.1 Å². The van der Waals surface area contributed by atoms with Gasteiger partial charge in [-0.25, -0.2) is 0 Å². The van der Waals surface area contributed by atoms with Crippen LogP contribution < -0.4 is 5.32 Å². The van der Waals surface area contributed by atoms with E-state index in [1.165, 1.54) is 17.8 Å². The summed E-state index contributed by atoms with van der Waals surface area (Å²) in [4.78, 5) is 5.64. The Balaban J connectivity index is 2.22. The standard InChI is InChI=1S/C14H24N2S/c1-10(2)16-8-7-12(9-15-4)14(16)13-6-5-11(3)17-13/h5-6,10,12,14-15H,7-9H2,1-4H3. The minimum atomic E-state index is 0.626. The Morgan fingerprint density at radius 1 is 1.47 bits per heavy atom. The fourth-order valence-corrected chi connectivity index (χ4v) is 4.04. The largest absolute Gasteiger partial charge is 0.319 e. The van der Waals surface area contributed by atoms with Crippen molar-refractivity contribution in [3.8, 4) is 0 Å². The Morgan fingerprint density at radius 2 is 2.24 bits per heavy atom. The molecule has 1 aromatic heterocycles. The lowest BCUT2D eigenvalue weighted by molar-refractivity contribution is 0.185. The molecule has 2 atom stereocenters. The molecule has 1 N–H and O–H groups in total. The van der Waals surface area contributed by atoms with Gasteiger partial charge in [0.2, 0.25) is 0 Å². The molecule has 0 bridgehead atoms. The van der Waals surface area contributed by atoms with Crippen LogP contribution in [0, 0.1) is 12.8 Å². The van der Waals surface area contributed by atoms with E-state index in [2.05, 4.69) is 50.2 Å². The molecule has 2 rings (SSSR count). The van der Waals surface area contributed by atoms with E-state index >= 15 is 0 Å². The van der Waals surface area contributed by atoms with Crippen molar-refractivity contribution < 1.29 is 0 Å². The van der Waals surface area contributed by atoms with Gasteiger partial charge in [0.15, 0.2) is 0 Å². The molecule has 1 aliphatic rings. The maximum atomic E-state index is 3.35. The van der Waals surface area contributed by atoms with E-state index in [1.54, 1.807) is 4.88 Å². The summed E-state index contributed by atoms with van der Waals surface area (Å²) in [5, 5.41) is 3.35. The highest BCUT2D eigenvalue weighted by atomic mass is 32.1. The molecule has 0 saturated carbocycles. The van der Waals surface area contributed by atoms with Gasteiger partial charge in [-0.1, -0.05) is 0 Å². The molecule has 1 aliphatic heterocycles. The zero-order chi connectivity index (χ0) is 12.4. The quantitative estimate of drug-likeness (QED) is 0.886. The van der Waals surface area contributed by atoms with Crippen molar-refractivity contribution in [3.05, 3.63) is 21.9 Å². The average Bonchev–Trinajstić information content (AvgIpc) is 2.84. The van der Waals surface area contributed by atoms with Crippen LogP contribution in [0.2, 0.25) is 0 Å². The molecule has 2 unspecified atom stereocenters. The predicted molar refractivity (Wildman–Crippen MR) is 75.7 cm³/mol. The summed E-state index contributed by atoms with van der Waals surface area (Å²) in [5.41, 5.74) is 0. The van der Waals surface area contributed by atoms with Gasteiger partial charge in [-0.3, -0.25) is 4.90 Å². The third-order valence-corrected chi connectivity index (χ3v) is 4.82. The van der Waals surface area contributed by atoms with Gasteiger partial charge in [-0.15, -0.1) is 11.3 Å². The van der Waals surface area contributed by atoms with E-state index in [1.807, 2.05) is 11.3 Å². The molecule has 0 amide bonds. The van der Waals surface area contributed by atoms with Gasteiger partial charge in [0.25, 0.3) is 0 Å². The second kappa shape index (κ2) is 5.51. The maximum absolute atomic E-state index is 3.35. The molecule has 17 heavy (non-hydrogen) atoms. The van der Waals surface area contributed by atoms with E-state index in [0.29, 0.717) is 12.1 Å². The third kappa shape index (κ3) is 2.72. The number of hydrogen-bond acceptors (Lipinski definition) is 3. The molecule has 0 radical (unpaired) electrons.